The molecule has 1 saturated carbocycles. The minimum atomic E-state index is -0.356. The predicted molar refractivity (Wildman–Crippen MR) is 80.9 cm³/mol. The molecule has 1 aliphatic carbocycles. The van der Waals surface area contributed by atoms with Crippen LogP contribution in [0.15, 0.2) is 29.0 Å². The summed E-state index contributed by atoms with van der Waals surface area (Å²) in [6.45, 7) is 2.13. The van der Waals surface area contributed by atoms with Crippen molar-refractivity contribution >= 4 is 21.9 Å². The molecule has 0 amide bonds. The number of esters is 1. The molecule has 1 fully saturated rings. The first-order chi connectivity index (χ1) is 10.2. The van der Waals surface area contributed by atoms with Crippen molar-refractivity contribution in [3.8, 4) is 11.5 Å². The molecule has 2 aromatic rings. The van der Waals surface area contributed by atoms with E-state index in [1.807, 2.05) is 12.1 Å². The highest BCUT2D eigenvalue weighted by molar-refractivity contribution is 9.10. The van der Waals surface area contributed by atoms with E-state index in [1.54, 1.807) is 19.3 Å². The monoisotopic (exact) mass is 347 g/mol. The molecule has 0 N–H and O–H groups in total. The van der Waals surface area contributed by atoms with Gasteiger partial charge in [-0.05, 0) is 47.8 Å². The predicted octanol–water partition coefficient (Wildman–Crippen LogP) is 3.36. The van der Waals surface area contributed by atoms with Crippen LogP contribution in [0.3, 0.4) is 0 Å². The zero-order valence-electron chi connectivity index (χ0n) is 11.5. The summed E-state index contributed by atoms with van der Waals surface area (Å²) in [5.74, 6) is 0.497. The fourth-order valence-corrected chi connectivity index (χ4v) is 2.53. The summed E-state index contributed by atoms with van der Waals surface area (Å²) >= 11 is 3.45. The third-order valence-electron chi connectivity index (χ3n) is 3.25. The molecule has 0 atom stereocenters. The van der Waals surface area contributed by atoms with Crippen molar-refractivity contribution in [1.82, 2.24) is 15.0 Å². The van der Waals surface area contributed by atoms with Gasteiger partial charge in [-0.1, -0.05) is 0 Å². The van der Waals surface area contributed by atoms with Gasteiger partial charge in [0.2, 0.25) is 0 Å². The van der Waals surface area contributed by atoms with Gasteiger partial charge in [-0.15, -0.1) is 0 Å². The number of hydrogen-bond donors (Lipinski definition) is 0. The lowest BCUT2D eigenvalue weighted by Gasteiger charge is -2.09. The van der Waals surface area contributed by atoms with Gasteiger partial charge in [0.15, 0.2) is 5.82 Å². The van der Waals surface area contributed by atoms with Crippen molar-refractivity contribution in [2.75, 3.05) is 6.61 Å². The standard InChI is InChI=1S/C15H14BrN3O2/c1-2-21-15(20)10-8-18-14(19-12(10)9-5-6-9)13-11(16)4-3-7-17-13/h3-4,7-9H,2,5-6H2,1H3. The van der Waals surface area contributed by atoms with E-state index in [1.165, 1.54) is 0 Å². The minimum absolute atomic E-state index is 0.327. The number of halogens is 1. The zero-order chi connectivity index (χ0) is 14.8. The van der Waals surface area contributed by atoms with Crippen LogP contribution in [0.2, 0.25) is 0 Å². The maximum atomic E-state index is 12.0. The fraction of sp³-hybridized carbons (Fsp3) is 0.333. The van der Waals surface area contributed by atoms with E-state index in [0.29, 0.717) is 29.6 Å². The molecule has 2 heterocycles. The summed E-state index contributed by atoms with van der Waals surface area (Å²) in [5.41, 5.74) is 1.92. The third-order valence-corrected chi connectivity index (χ3v) is 3.89. The molecule has 6 heteroatoms. The molecule has 0 aromatic carbocycles. The highest BCUT2D eigenvalue weighted by atomic mass is 79.9. The molecule has 0 bridgehead atoms. The van der Waals surface area contributed by atoms with E-state index >= 15 is 0 Å². The number of pyridine rings is 1. The van der Waals surface area contributed by atoms with Crippen LogP contribution in [-0.4, -0.2) is 27.5 Å². The van der Waals surface area contributed by atoms with Gasteiger partial charge < -0.3 is 4.74 Å². The van der Waals surface area contributed by atoms with E-state index in [0.717, 1.165) is 23.0 Å². The number of aromatic nitrogens is 3. The molecule has 1 aliphatic rings. The number of hydrogen-bond acceptors (Lipinski definition) is 5. The summed E-state index contributed by atoms with van der Waals surface area (Å²) in [6.07, 6.45) is 5.34. The van der Waals surface area contributed by atoms with Crippen LogP contribution in [0.25, 0.3) is 11.5 Å². The Morgan fingerprint density at radius 3 is 2.90 bits per heavy atom. The van der Waals surface area contributed by atoms with Crippen molar-refractivity contribution < 1.29 is 9.53 Å². The van der Waals surface area contributed by atoms with Crippen molar-refractivity contribution in [3.05, 3.63) is 40.3 Å². The maximum Gasteiger partial charge on any atom is 0.341 e. The van der Waals surface area contributed by atoms with Gasteiger partial charge in [0.25, 0.3) is 0 Å². The van der Waals surface area contributed by atoms with Crippen LogP contribution in [0, 0.1) is 0 Å². The van der Waals surface area contributed by atoms with Crippen LogP contribution >= 0.6 is 15.9 Å². The van der Waals surface area contributed by atoms with Crippen molar-refractivity contribution in [3.63, 3.8) is 0 Å². The summed E-state index contributed by atoms with van der Waals surface area (Å²) in [7, 11) is 0. The number of nitrogens with zero attached hydrogens (tertiary/aromatic N) is 3. The number of ether oxygens (including phenoxy) is 1. The van der Waals surface area contributed by atoms with E-state index in [4.69, 9.17) is 4.74 Å². The van der Waals surface area contributed by atoms with Gasteiger partial charge in [-0.2, -0.15) is 0 Å². The number of carbonyl (C=O) groups excluding carboxylic acids is 1. The van der Waals surface area contributed by atoms with Crippen molar-refractivity contribution in [1.29, 1.82) is 0 Å². The van der Waals surface area contributed by atoms with Gasteiger partial charge in [-0.3, -0.25) is 4.98 Å². The van der Waals surface area contributed by atoms with Gasteiger partial charge >= 0.3 is 5.97 Å². The Kier molecular flexibility index (Phi) is 3.96. The first-order valence-electron chi connectivity index (χ1n) is 6.85. The maximum absolute atomic E-state index is 12.0. The zero-order valence-corrected chi connectivity index (χ0v) is 13.1. The molecule has 5 nitrogen and oxygen atoms in total. The van der Waals surface area contributed by atoms with E-state index in [-0.39, 0.29) is 5.97 Å². The summed E-state index contributed by atoms with van der Waals surface area (Å²) in [6, 6.07) is 3.73. The summed E-state index contributed by atoms with van der Waals surface area (Å²) in [4.78, 5) is 25.1. The average Bonchev–Trinajstić information content (AvgIpc) is 3.32. The molecular formula is C15H14BrN3O2. The highest BCUT2D eigenvalue weighted by Crippen LogP contribution is 2.41. The minimum Gasteiger partial charge on any atom is -0.462 e. The van der Waals surface area contributed by atoms with Crippen LogP contribution < -0.4 is 0 Å². The largest absolute Gasteiger partial charge is 0.462 e. The Hall–Kier alpha value is -1.82. The summed E-state index contributed by atoms with van der Waals surface area (Å²) < 4.78 is 5.90. The lowest BCUT2D eigenvalue weighted by atomic mass is 10.1. The van der Waals surface area contributed by atoms with Crippen molar-refractivity contribution in [2.24, 2.45) is 0 Å². The first-order valence-corrected chi connectivity index (χ1v) is 7.65. The lowest BCUT2D eigenvalue weighted by Crippen LogP contribution is -2.11. The van der Waals surface area contributed by atoms with Gasteiger partial charge in [0, 0.05) is 22.8 Å². The van der Waals surface area contributed by atoms with Crippen LogP contribution in [0.4, 0.5) is 0 Å². The van der Waals surface area contributed by atoms with E-state index in [9.17, 15) is 4.79 Å². The Labute approximate surface area is 130 Å². The molecule has 0 unspecified atom stereocenters. The van der Waals surface area contributed by atoms with Gasteiger partial charge in [0.1, 0.15) is 5.69 Å². The van der Waals surface area contributed by atoms with E-state index in [2.05, 4.69) is 30.9 Å². The second-order valence-corrected chi connectivity index (χ2v) is 5.68. The second kappa shape index (κ2) is 5.89. The van der Waals surface area contributed by atoms with Crippen molar-refractivity contribution in [2.45, 2.75) is 25.7 Å². The molecule has 0 radical (unpaired) electrons. The SMILES string of the molecule is CCOC(=O)c1cnc(-c2ncccc2Br)nc1C1CC1. The molecule has 0 aliphatic heterocycles. The molecular weight excluding hydrogens is 334 g/mol. The van der Waals surface area contributed by atoms with E-state index < -0.39 is 0 Å². The third kappa shape index (κ3) is 2.95. The average molecular weight is 348 g/mol. The fourth-order valence-electron chi connectivity index (χ4n) is 2.09. The van der Waals surface area contributed by atoms with Crippen LogP contribution in [0.1, 0.15) is 41.7 Å². The Morgan fingerprint density at radius 2 is 2.24 bits per heavy atom. The quantitative estimate of drug-likeness (QED) is 0.793. The van der Waals surface area contributed by atoms with Crippen LogP contribution in [0.5, 0.6) is 0 Å². The topological polar surface area (TPSA) is 65.0 Å². The number of carbonyl (C=O) groups is 1. The molecule has 2 aromatic heterocycles. The lowest BCUT2D eigenvalue weighted by molar-refractivity contribution is 0.0524. The Morgan fingerprint density at radius 1 is 1.43 bits per heavy atom. The van der Waals surface area contributed by atoms with Gasteiger partial charge in [0.05, 0.1) is 17.9 Å². The van der Waals surface area contributed by atoms with Crippen LogP contribution in [-0.2, 0) is 4.74 Å². The highest BCUT2D eigenvalue weighted by Gasteiger charge is 2.31. The molecule has 0 saturated heterocycles. The second-order valence-electron chi connectivity index (χ2n) is 4.82. The molecule has 0 spiro atoms. The molecule has 3 rings (SSSR count). The first kappa shape index (κ1) is 14.1. The molecule has 108 valence electrons. The number of rotatable bonds is 4. The summed E-state index contributed by atoms with van der Waals surface area (Å²) in [5, 5.41) is 0. The van der Waals surface area contributed by atoms with Gasteiger partial charge in [-0.25, -0.2) is 14.8 Å². The Bertz CT molecular complexity index is 686. The normalized spacial score (nSPS) is 14.0. The Balaban J connectivity index is 2.04. The smallest absolute Gasteiger partial charge is 0.341 e. The molecule has 21 heavy (non-hydrogen) atoms.